The number of oxime groups is 1. The summed E-state index contributed by atoms with van der Waals surface area (Å²) in [4.78, 5) is 21.3. The Morgan fingerprint density at radius 2 is 2.04 bits per heavy atom. The van der Waals surface area contributed by atoms with Gasteiger partial charge in [-0.15, -0.1) is 0 Å². The Balaban J connectivity index is 2.71. The molecular formula is C19H18BrN3O3. The quantitative estimate of drug-likeness (QED) is 0.323. The maximum atomic E-state index is 11.5. The van der Waals surface area contributed by atoms with Crippen molar-refractivity contribution < 1.29 is 14.4 Å². The largest absolute Gasteiger partial charge is 0.426 e. The van der Waals surface area contributed by atoms with Crippen LogP contribution in [0.1, 0.15) is 44.5 Å². The third-order valence-corrected chi connectivity index (χ3v) is 3.51. The van der Waals surface area contributed by atoms with Gasteiger partial charge in [-0.05, 0) is 51.1 Å². The average Bonchev–Trinajstić information content (AvgIpc) is 2.56. The fraction of sp³-hybridized carbons (Fsp3) is 0.263. The monoisotopic (exact) mass is 415 g/mol. The van der Waals surface area contributed by atoms with E-state index in [9.17, 15) is 10.1 Å². The van der Waals surface area contributed by atoms with Gasteiger partial charge in [0.05, 0.1) is 5.56 Å². The lowest BCUT2D eigenvalue weighted by Crippen LogP contribution is -2.19. The van der Waals surface area contributed by atoms with Crippen LogP contribution in [-0.4, -0.2) is 22.3 Å². The predicted octanol–water partition coefficient (Wildman–Crippen LogP) is 4.21. The van der Waals surface area contributed by atoms with Crippen molar-refractivity contribution in [2.24, 2.45) is 5.16 Å². The summed E-state index contributed by atoms with van der Waals surface area (Å²) in [5.74, 6) is -0.169. The summed E-state index contributed by atoms with van der Waals surface area (Å²) < 4.78 is 6.05. The number of aromatic nitrogens is 1. The number of carbonyl (C=O) groups excluding carboxylic acids is 1. The highest BCUT2D eigenvalue weighted by atomic mass is 79.9. The van der Waals surface area contributed by atoms with Crippen LogP contribution in [0.5, 0.6) is 5.75 Å². The molecule has 0 aliphatic rings. The fourth-order valence-corrected chi connectivity index (χ4v) is 2.38. The van der Waals surface area contributed by atoms with Crippen LogP contribution in [0, 0.1) is 11.3 Å². The maximum Gasteiger partial charge on any atom is 0.308 e. The molecule has 0 radical (unpaired) electrons. The van der Waals surface area contributed by atoms with Gasteiger partial charge in [0.25, 0.3) is 0 Å². The molecule has 2 aromatic rings. The van der Waals surface area contributed by atoms with Gasteiger partial charge in [-0.25, -0.2) is 0 Å². The number of halogens is 1. The van der Waals surface area contributed by atoms with Crippen LogP contribution in [0.4, 0.5) is 0 Å². The lowest BCUT2D eigenvalue weighted by molar-refractivity contribution is -0.131. The lowest BCUT2D eigenvalue weighted by Gasteiger charge is -2.18. The van der Waals surface area contributed by atoms with Crippen LogP contribution < -0.4 is 4.74 Å². The molecule has 0 aliphatic carbocycles. The molecule has 0 spiro atoms. The van der Waals surface area contributed by atoms with E-state index in [0.29, 0.717) is 28.3 Å². The zero-order valence-electron chi connectivity index (χ0n) is 14.9. The van der Waals surface area contributed by atoms with E-state index in [-0.39, 0.29) is 0 Å². The van der Waals surface area contributed by atoms with Crippen molar-refractivity contribution in [3.05, 3.63) is 57.8 Å². The second-order valence-electron chi connectivity index (χ2n) is 6.39. The number of carbonyl (C=O) groups is 1. The van der Waals surface area contributed by atoms with E-state index < -0.39 is 11.6 Å². The van der Waals surface area contributed by atoms with Crippen LogP contribution >= 0.6 is 15.9 Å². The van der Waals surface area contributed by atoms with E-state index in [1.807, 2.05) is 20.8 Å². The van der Waals surface area contributed by atoms with Crippen LogP contribution in [0.3, 0.4) is 0 Å². The molecule has 26 heavy (non-hydrogen) atoms. The third kappa shape index (κ3) is 5.14. The molecule has 134 valence electrons. The lowest BCUT2D eigenvalue weighted by atomic mass is 10.0. The van der Waals surface area contributed by atoms with Gasteiger partial charge in [0.1, 0.15) is 28.8 Å². The Hall–Kier alpha value is -2.72. The Labute approximate surface area is 160 Å². The van der Waals surface area contributed by atoms with Gasteiger partial charge in [-0.3, -0.25) is 9.78 Å². The van der Waals surface area contributed by atoms with Crippen molar-refractivity contribution in [1.82, 2.24) is 4.98 Å². The number of nitrogens with zero attached hydrogens (tertiary/aromatic N) is 3. The second kappa shape index (κ2) is 8.11. The number of nitriles is 1. The van der Waals surface area contributed by atoms with Crippen molar-refractivity contribution in [1.29, 1.82) is 5.26 Å². The van der Waals surface area contributed by atoms with E-state index in [2.05, 4.69) is 32.1 Å². The average molecular weight is 416 g/mol. The number of benzene rings is 1. The standard InChI is InChI=1S/C19H18BrN3O3/c1-12(24)25-16-8-7-14(20)10-15(16)18(23-26-19(2,3)4)17-13(11-21)6-5-9-22-17/h5-10H,1-4H3. The Morgan fingerprint density at radius 3 is 2.65 bits per heavy atom. The minimum Gasteiger partial charge on any atom is -0.426 e. The highest BCUT2D eigenvalue weighted by molar-refractivity contribution is 9.10. The van der Waals surface area contributed by atoms with Gasteiger partial charge < -0.3 is 9.57 Å². The highest BCUT2D eigenvalue weighted by Gasteiger charge is 2.21. The van der Waals surface area contributed by atoms with Crippen LogP contribution in [0.25, 0.3) is 0 Å². The molecule has 2 rings (SSSR count). The first-order valence-electron chi connectivity index (χ1n) is 7.81. The van der Waals surface area contributed by atoms with Crippen molar-refractivity contribution in [2.75, 3.05) is 0 Å². The summed E-state index contributed by atoms with van der Waals surface area (Å²) in [6.07, 6.45) is 1.56. The van der Waals surface area contributed by atoms with Gasteiger partial charge in [-0.2, -0.15) is 5.26 Å². The van der Waals surface area contributed by atoms with Gasteiger partial charge in [-0.1, -0.05) is 21.1 Å². The smallest absolute Gasteiger partial charge is 0.308 e. The van der Waals surface area contributed by atoms with Crippen molar-refractivity contribution >= 4 is 27.6 Å². The number of rotatable bonds is 4. The normalized spacial score (nSPS) is 11.6. The molecule has 0 saturated heterocycles. The molecule has 0 saturated carbocycles. The number of hydrogen-bond acceptors (Lipinski definition) is 6. The maximum absolute atomic E-state index is 11.5. The highest BCUT2D eigenvalue weighted by Crippen LogP contribution is 2.27. The molecule has 0 N–H and O–H groups in total. The van der Waals surface area contributed by atoms with E-state index >= 15 is 0 Å². The zero-order valence-corrected chi connectivity index (χ0v) is 16.5. The predicted molar refractivity (Wildman–Crippen MR) is 101 cm³/mol. The first-order valence-corrected chi connectivity index (χ1v) is 8.60. The molecule has 0 fully saturated rings. The summed E-state index contributed by atoms with van der Waals surface area (Å²) >= 11 is 3.41. The molecule has 1 aromatic heterocycles. The first kappa shape index (κ1) is 19.6. The van der Waals surface area contributed by atoms with Crippen LogP contribution in [0.15, 0.2) is 46.2 Å². The summed E-state index contributed by atoms with van der Waals surface area (Å²) in [5, 5.41) is 13.7. The third-order valence-electron chi connectivity index (χ3n) is 3.01. The van der Waals surface area contributed by atoms with Crippen molar-refractivity contribution in [3.63, 3.8) is 0 Å². The first-order chi connectivity index (χ1) is 12.2. The fourth-order valence-electron chi connectivity index (χ4n) is 2.02. The van der Waals surface area contributed by atoms with Crippen LogP contribution in [-0.2, 0) is 9.63 Å². The molecule has 6 nitrogen and oxygen atoms in total. The molecule has 1 aromatic carbocycles. The van der Waals surface area contributed by atoms with Crippen molar-refractivity contribution in [2.45, 2.75) is 33.3 Å². The van der Waals surface area contributed by atoms with E-state index in [1.165, 1.54) is 6.92 Å². The summed E-state index contributed by atoms with van der Waals surface area (Å²) in [5.41, 5.74) is 0.896. The SMILES string of the molecule is CC(=O)Oc1ccc(Br)cc1C(=NOC(C)(C)C)c1ncccc1C#N. The Kier molecular flexibility index (Phi) is 6.11. The number of pyridine rings is 1. The van der Waals surface area contributed by atoms with Gasteiger partial charge in [0.2, 0.25) is 0 Å². The van der Waals surface area contributed by atoms with E-state index in [4.69, 9.17) is 9.57 Å². The molecular weight excluding hydrogens is 398 g/mol. The summed E-state index contributed by atoms with van der Waals surface area (Å²) in [6.45, 7) is 6.87. The van der Waals surface area contributed by atoms with Gasteiger partial charge in [0.15, 0.2) is 0 Å². The van der Waals surface area contributed by atoms with Crippen molar-refractivity contribution in [3.8, 4) is 11.8 Å². The minimum atomic E-state index is -0.555. The van der Waals surface area contributed by atoms with Gasteiger partial charge in [0, 0.05) is 23.2 Å². The molecule has 7 heteroatoms. The molecule has 0 atom stereocenters. The Bertz CT molecular complexity index is 896. The number of ether oxygens (including phenoxy) is 1. The zero-order chi connectivity index (χ0) is 19.3. The summed E-state index contributed by atoms with van der Waals surface area (Å²) in [7, 11) is 0. The van der Waals surface area contributed by atoms with E-state index in [0.717, 1.165) is 4.47 Å². The molecule has 0 amide bonds. The molecule has 0 bridgehead atoms. The number of hydrogen-bond donors (Lipinski definition) is 0. The molecule has 1 heterocycles. The Morgan fingerprint density at radius 1 is 1.31 bits per heavy atom. The van der Waals surface area contributed by atoms with Crippen LogP contribution in [0.2, 0.25) is 0 Å². The van der Waals surface area contributed by atoms with Gasteiger partial charge >= 0.3 is 5.97 Å². The number of esters is 1. The van der Waals surface area contributed by atoms with E-state index in [1.54, 1.807) is 36.5 Å². The molecule has 0 aliphatic heterocycles. The second-order valence-corrected chi connectivity index (χ2v) is 7.30. The summed E-state index contributed by atoms with van der Waals surface area (Å²) in [6, 6.07) is 10.5. The molecule has 0 unspecified atom stereocenters. The topological polar surface area (TPSA) is 84.6 Å². The minimum absolute atomic E-state index is 0.298.